The van der Waals surface area contributed by atoms with E-state index in [-0.39, 0.29) is 0 Å². The molecule has 1 aromatic carbocycles. The van der Waals surface area contributed by atoms with Crippen molar-refractivity contribution in [3.05, 3.63) is 36.0 Å². The third kappa shape index (κ3) is 2.06. The molecule has 0 amide bonds. The number of benzene rings is 1. The Bertz CT molecular complexity index is 557. The van der Waals surface area contributed by atoms with E-state index in [0.717, 1.165) is 31.7 Å². The van der Waals surface area contributed by atoms with Gasteiger partial charge >= 0.3 is 0 Å². The van der Waals surface area contributed by atoms with Gasteiger partial charge in [-0.1, -0.05) is 12.1 Å². The van der Waals surface area contributed by atoms with E-state index in [2.05, 4.69) is 53.0 Å². The lowest BCUT2D eigenvalue weighted by Gasteiger charge is -2.33. The van der Waals surface area contributed by atoms with Crippen LogP contribution in [-0.2, 0) is 0 Å². The Morgan fingerprint density at radius 1 is 1.11 bits per heavy atom. The maximum absolute atomic E-state index is 4.58. The average Bonchev–Trinajstić information content (AvgIpc) is 2.40. The summed E-state index contributed by atoms with van der Waals surface area (Å²) in [6, 6.07) is 8.58. The van der Waals surface area contributed by atoms with Crippen LogP contribution in [0.2, 0.25) is 0 Å². The van der Waals surface area contributed by atoms with E-state index in [1.807, 2.05) is 6.20 Å². The molecule has 1 aliphatic rings. The zero-order chi connectivity index (χ0) is 12.5. The van der Waals surface area contributed by atoms with E-state index >= 15 is 0 Å². The molecule has 0 spiro atoms. The maximum Gasteiger partial charge on any atom is 0.0706 e. The van der Waals surface area contributed by atoms with Crippen LogP contribution in [0.25, 0.3) is 10.9 Å². The van der Waals surface area contributed by atoms with Gasteiger partial charge in [0.05, 0.1) is 17.4 Å². The van der Waals surface area contributed by atoms with Gasteiger partial charge in [-0.25, -0.2) is 0 Å². The predicted molar refractivity (Wildman–Crippen MR) is 76.2 cm³/mol. The van der Waals surface area contributed by atoms with Gasteiger partial charge in [-0.05, 0) is 31.7 Å². The number of piperazine rings is 1. The minimum Gasteiger partial charge on any atom is -0.368 e. The quantitative estimate of drug-likeness (QED) is 0.763. The van der Waals surface area contributed by atoms with Crippen molar-refractivity contribution < 1.29 is 0 Å². The van der Waals surface area contributed by atoms with Gasteiger partial charge in [0.1, 0.15) is 0 Å². The van der Waals surface area contributed by atoms with Crippen molar-refractivity contribution in [3.8, 4) is 0 Å². The molecule has 3 rings (SSSR count). The minimum atomic E-state index is 1.09. The predicted octanol–water partition coefficient (Wildman–Crippen LogP) is 2.30. The molecule has 1 fully saturated rings. The van der Waals surface area contributed by atoms with Crippen LogP contribution >= 0.6 is 0 Å². The molecule has 0 radical (unpaired) electrons. The van der Waals surface area contributed by atoms with Gasteiger partial charge in [0.25, 0.3) is 0 Å². The summed E-state index contributed by atoms with van der Waals surface area (Å²) < 4.78 is 0. The molecule has 0 aliphatic carbocycles. The van der Waals surface area contributed by atoms with Crippen molar-refractivity contribution in [2.45, 2.75) is 6.92 Å². The smallest absolute Gasteiger partial charge is 0.0706 e. The highest BCUT2D eigenvalue weighted by molar-refractivity contribution is 5.84. The van der Waals surface area contributed by atoms with Crippen LogP contribution in [0.3, 0.4) is 0 Å². The van der Waals surface area contributed by atoms with E-state index < -0.39 is 0 Å². The number of rotatable bonds is 1. The molecule has 1 saturated heterocycles. The first-order valence-electron chi connectivity index (χ1n) is 6.53. The standard InChI is InChI=1S/C15H19N3/c1-12-4-3-5-15-14(12)10-13(11-16-15)18-8-6-17(2)7-9-18/h3-5,10-11H,6-9H2,1-2H3. The first-order valence-corrected chi connectivity index (χ1v) is 6.53. The molecular formula is C15H19N3. The van der Waals surface area contributed by atoms with Gasteiger partial charge < -0.3 is 9.80 Å². The molecule has 1 aromatic heterocycles. The zero-order valence-electron chi connectivity index (χ0n) is 11.1. The SMILES string of the molecule is Cc1cccc2ncc(N3CCN(C)CC3)cc12. The van der Waals surface area contributed by atoms with Gasteiger partial charge in [0.2, 0.25) is 0 Å². The molecule has 18 heavy (non-hydrogen) atoms. The van der Waals surface area contributed by atoms with Crippen LogP contribution < -0.4 is 4.90 Å². The van der Waals surface area contributed by atoms with Gasteiger partial charge in [0.15, 0.2) is 0 Å². The molecule has 0 saturated carbocycles. The number of likely N-dealkylation sites (N-methyl/N-ethyl adjacent to an activating group) is 1. The van der Waals surface area contributed by atoms with Crippen molar-refractivity contribution in [3.63, 3.8) is 0 Å². The highest BCUT2D eigenvalue weighted by Gasteiger charge is 2.14. The number of aromatic nitrogens is 1. The fraction of sp³-hybridized carbons (Fsp3) is 0.400. The lowest BCUT2D eigenvalue weighted by atomic mass is 10.1. The lowest BCUT2D eigenvalue weighted by molar-refractivity contribution is 0.313. The van der Waals surface area contributed by atoms with Gasteiger partial charge in [-0.2, -0.15) is 0 Å². The summed E-state index contributed by atoms with van der Waals surface area (Å²) in [7, 11) is 2.18. The van der Waals surface area contributed by atoms with Crippen LogP contribution in [0.4, 0.5) is 5.69 Å². The molecule has 0 unspecified atom stereocenters. The topological polar surface area (TPSA) is 19.4 Å². The molecule has 0 N–H and O–H groups in total. The fourth-order valence-corrected chi connectivity index (χ4v) is 2.52. The summed E-state index contributed by atoms with van der Waals surface area (Å²) in [5, 5.41) is 1.27. The molecule has 0 bridgehead atoms. The van der Waals surface area contributed by atoms with E-state index in [9.17, 15) is 0 Å². The van der Waals surface area contributed by atoms with Crippen molar-refractivity contribution in [2.75, 3.05) is 38.1 Å². The Morgan fingerprint density at radius 3 is 2.67 bits per heavy atom. The Balaban J connectivity index is 1.95. The van der Waals surface area contributed by atoms with Crippen molar-refractivity contribution in [1.29, 1.82) is 0 Å². The van der Waals surface area contributed by atoms with E-state index in [0.29, 0.717) is 0 Å². The molecular weight excluding hydrogens is 222 g/mol. The van der Waals surface area contributed by atoms with E-state index in [4.69, 9.17) is 0 Å². The zero-order valence-corrected chi connectivity index (χ0v) is 11.1. The Hall–Kier alpha value is -1.61. The number of aryl methyl sites for hydroxylation is 1. The Labute approximate surface area is 108 Å². The molecule has 3 heteroatoms. The number of pyridine rings is 1. The van der Waals surface area contributed by atoms with E-state index in [1.54, 1.807) is 0 Å². The highest BCUT2D eigenvalue weighted by atomic mass is 15.2. The van der Waals surface area contributed by atoms with Crippen LogP contribution in [0.1, 0.15) is 5.56 Å². The number of anilines is 1. The van der Waals surface area contributed by atoms with Crippen LogP contribution in [0.15, 0.2) is 30.5 Å². The first kappa shape index (κ1) is 11.5. The second-order valence-corrected chi connectivity index (χ2v) is 5.13. The number of nitrogens with zero attached hydrogens (tertiary/aromatic N) is 3. The van der Waals surface area contributed by atoms with Crippen molar-refractivity contribution >= 4 is 16.6 Å². The Kier molecular flexibility index (Phi) is 2.92. The van der Waals surface area contributed by atoms with Crippen LogP contribution in [0.5, 0.6) is 0 Å². The summed E-state index contributed by atoms with van der Waals surface area (Å²) in [6.45, 7) is 6.60. The van der Waals surface area contributed by atoms with E-state index in [1.165, 1.54) is 16.6 Å². The highest BCUT2D eigenvalue weighted by Crippen LogP contribution is 2.23. The second-order valence-electron chi connectivity index (χ2n) is 5.13. The van der Waals surface area contributed by atoms with Gasteiger partial charge in [-0.15, -0.1) is 0 Å². The molecule has 0 atom stereocenters. The second kappa shape index (κ2) is 4.58. The summed E-state index contributed by atoms with van der Waals surface area (Å²) in [5.41, 5.74) is 3.65. The summed E-state index contributed by atoms with van der Waals surface area (Å²) in [5.74, 6) is 0. The maximum atomic E-state index is 4.58. The van der Waals surface area contributed by atoms with Crippen molar-refractivity contribution in [1.82, 2.24) is 9.88 Å². The molecule has 3 nitrogen and oxygen atoms in total. The largest absolute Gasteiger partial charge is 0.368 e. The third-order valence-corrected chi connectivity index (χ3v) is 3.80. The average molecular weight is 241 g/mol. The molecule has 94 valence electrons. The number of hydrogen-bond acceptors (Lipinski definition) is 3. The lowest BCUT2D eigenvalue weighted by Crippen LogP contribution is -2.44. The van der Waals surface area contributed by atoms with Gasteiger partial charge in [-0.3, -0.25) is 4.98 Å². The first-order chi connectivity index (χ1) is 8.74. The van der Waals surface area contributed by atoms with Gasteiger partial charge in [0, 0.05) is 31.6 Å². The minimum absolute atomic E-state index is 1.09. The third-order valence-electron chi connectivity index (χ3n) is 3.80. The number of fused-ring (bicyclic) bond motifs is 1. The number of hydrogen-bond donors (Lipinski definition) is 0. The summed E-state index contributed by atoms with van der Waals surface area (Å²) >= 11 is 0. The molecule has 2 heterocycles. The normalized spacial score (nSPS) is 17.3. The monoisotopic (exact) mass is 241 g/mol. The molecule has 2 aromatic rings. The summed E-state index contributed by atoms with van der Waals surface area (Å²) in [6.07, 6.45) is 2.01. The van der Waals surface area contributed by atoms with Crippen LogP contribution in [0, 0.1) is 6.92 Å². The fourth-order valence-electron chi connectivity index (χ4n) is 2.52. The Morgan fingerprint density at radius 2 is 1.89 bits per heavy atom. The summed E-state index contributed by atoms with van der Waals surface area (Å²) in [4.78, 5) is 9.38. The van der Waals surface area contributed by atoms with Crippen molar-refractivity contribution in [2.24, 2.45) is 0 Å². The van der Waals surface area contributed by atoms with Crippen LogP contribution in [-0.4, -0.2) is 43.1 Å². The molecule has 1 aliphatic heterocycles.